The number of aryl methyl sites for hydroxylation is 1. The minimum Gasteiger partial charge on any atom is -0.323 e. The molecule has 4 nitrogen and oxygen atoms in total. The van der Waals surface area contributed by atoms with Crippen molar-refractivity contribution in [1.82, 2.24) is 9.97 Å². The summed E-state index contributed by atoms with van der Waals surface area (Å²) < 4.78 is 27.0. The number of anilines is 1. The van der Waals surface area contributed by atoms with Crippen molar-refractivity contribution >= 4 is 23.4 Å². The first kappa shape index (κ1) is 19.0. The fourth-order valence-electron chi connectivity index (χ4n) is 2.39. The van der Waals surface area contributed by atoms with Crippen LogP contribution < -0.4 is 5.32 Å². The van der Waals surface area contributed by atoms with Crippen molar-refractivity contribution in [3.05, 3.63) is 71.9 Å². The lowest BCUT2D eigenvalue weighted by molar-refractivity contribution is -0.115. The Labute approximate surface area is 160 Å². The number of nitrogens with zero attached hydrogens (tertiary/aromatic N) is 2. The van der Waals surface area contributed by atoms with Crippen LogP contribution in [-0.2, 0) is 4.79 Å². The van der Waals surface area contributed by atoms with Crippen LogP contribution in [0.3, 0.4) is 0 Å². The standard InChI is InChI=1S/C20H17F2N3OS/c1-12-10-17(14-6-4-3-5-7-14)25-20(23-12)27-13(2)19(26)24-18-11-15(21)8-9-16(18)22/h3-11,13H,1-2H3,(H,24,26)/t13-/m0/s1. The molecule has 0 spiro atoms. The third-order valence-corrected chi connectivity index (χ3v) is 4.70. The molecule has 138 valence electrons. The molecule has 7 heteroatoms. The van der Waals surface area contributed by atoms with Crippen LogP contribution in [0.5, 0.6) is 0 Å². The highest BCUT2D eigenvalue weighted by atomic mass is 32.2. The molecule has 27 heavy (non-hydrogen) atoms. The van der Waals surface area contributed by atoms with Gasteiger partial charge in [-0.1, -0.05) is 42.1 Å². The average Bonchev–Trinajstić information content (AvgIpc) is 2.65. The first-order valence-electron chi connectivity index (χ1n) is 8.26. The lowest BCUT2D eigenvalue weighted by Gasteiger charge is -2.13. The Bertz CT molecular complexity index is 967. The van der Waals surface area contributed by atoms with Gasteiger partial charge in [0.15, 0.2) is 5.16 Å². The maximum absolute atomic E-state index is 13.7. The lowest BCUT2D eigenvalue weighted by Crippen LogP contribution is -2.23. The Morgan fingerprint density at radius 1 is 1.07 bits per heavy atom. The van der Waals surface area contributed by atoms with E-state index < -0.39 is 22.8 Å². The number of carbonyl (C=O) groups excluding carboxylic acids is 1. The van der Waals surface area contributed by atoms with E-state index in [0.717, 1.165) is 46.9 Å². The van der Waals surface area contributed by atoms with Gasteiger partial charge in [0.2, 0.25) is 5.91 Å². The molecule has 0 saturated heterocycles. The average molecular weight is 385 g/mol. The minimum absolute atomic E-state index is 0.192. The summed E-state index contributed by atoms with van der Waals surface area (Å²) in [6.07, 6.45) is 0. The van der Waals surface area contributed by atoms with Crippen LogP contribution in [-0.4, -0.2) is 21.1 Å². The van der Waals surface area contributed by atoms with E-state index in [2.05, 4.69) is 15.3 Å². The fourth-order valence-corrected chi connectivity index (χ4v) is 3.22. The highest BCUT2D eigenvalue weighted by Crippen LogP contribution is 2.25. The molecule has 1 atom stereocenters. The number of hydrogen-bond acceptors (Lipinski definition) is 4. The Kier molecular flexibility index (Phi) is 5.81. The fraction of sp³-hybridized carbons (Fsp3) is 0.150. The highest BCUT2D eigenvalue weighted by Gasteiger charge is 2.18. The van der Waals surface area contributed by atoms with E-state index in [1.54, 1.807) is 6.92 Å². The Hall–Kier alpha value is -2.80. The molecule has 0 bridgehead atoms. The maximum atomic E-state index is 13.7. The number of aromatic nitrogens is 2. The molecule has 0 radical (unpaired) electrons. The van der Waals surface area contributed by atoms with E-state index >= 15 is 0 Å². The van der Waals surface area contributed by atoms with Crippen molar-refractivity contribution in [3.8, 4) is 11.3 Å². The zero-order valence-electron chi connectivity index (χ0n) is 14.7. The predicted molar refractivity (Wildman–Crippen MR) is 103 cm³/mol. The summed E-state index contributed by atoms with van der Waals surface area (Å²) in [5, 5.41) is 2.24. The molecule has 1 N–H and O–H groups in total. The van der Waals surface area contributed by atoms with Gasteiger partial charge in [-0.25, -0.2) is 18.7 Å². The third kappa shape index (κ3) is 4.89. The number of benzene rings is 2. The van der Waals surface area contributed by atoms with Crippen molar-refractivity contribution in [2.24, 2.45) is 0 Å². The largest absolute Gasteiger partial charge is 0.323 e. The van der Waals surface area contributed by atoms with Gasteiger partial charge >= 0.3 is 0 Å². The van der Waals surface area contributed by atoms with Crippen LogP contribution >= 0.6 is 11.8 Å². The molecule has 0 aliphatic heterocycles. The number of hydrogen-bond donors (Lipinski definition) is 1. The van der Waals surface area contributed by atoms with E-state index in [1.165, 1.54) is 0 Å². The van der Waals surface area contributed by atoms with Crippen molar-refractivity contribution in [2.45, 2.75) is 24.3 Å². The SMILES string of the molecule is Cc1cc(-c2ccccc2)nc(S[C@@H](C)C(=O)Nc2cc(F)ccc2F)n1. The molecule has 0 fully saturated rings. The van der Waals surface area contributed by atoms with Crippen LogP contribution in [0, 0.1) is 18.6 Å². The van der Waals surface area contributed by atoms with Crippen molar-refractivity contribution < 1.29 is 13.6 Å². The van der Waals surface area contributed by atoms with Crippen molar-refractivity contribution in [3.63, 3.8) is 0 Å². The van der Waals surface area contributed by atoms with Gasteiger partial charge in [-0.3, -0.25) is 4.79 Å². The maximum Gasteiger partial charge on any atom is 0.237 e. The number of rotatable bonds is 5. The van der Waals surface area contributed by atoms with Crippen LogP contribution in [0.1, 0.15) is 12.6 Å². The van der Waals surface area contributed by atoms with E-state index in [1.807, 2.05) is 43.3 Å². The summed E-state index contributed by atoms with van der Waals surface area (Å²) in [4.78, 5) is 21.2. The summed E-state index contributed by atoms with van der Waals surface area (Å²) in [7, 11) is 0. The molecular formula is C20H17F2N3OS. The van der Waals surface area contributed by atoms with Crippen LogP contribution in [0.15, 0.2) is 59.8 Å². The molecule has 0 aliphatic rings. The van der Waals surface area contributed by atoms with E-state index in [-0.39, 0.29) is 5.69 Å². The first-order chi connectivity index (χ1) is 12.9. The molecule has 0 unspecified atom stereocenters. The summed E-state index contributed by atoms with van der Waals surface area (Å²) in [5.41, 5.74) is 2.29. The van der Waals surface area contributed by atoms with Crippen molar-refractivity contribution in [1.29, 1.82) is 0 Å². The van der Waals surface area contributed by atoms with Gasteiger partial charge in [0.25, 0.3) is 0 Å². The van der Waals surface area contributed by atoms with Gasteiger partial charge in [0.1, 0.15) is 11.6 Å². The number of nitrogens with one attached hydrogen (secondary N) is 1. The van der Waals surface area contributed by atoms with Gasteiger partial charge < -0.3 is 5.32 Å². The molecule has 1 heterocycles. The highest BCUT2D eigenvalue weighted by molar-refractivity contribution is 8.00. The molecule has 1 amide bonds. The van der Waals surface area contributed by atoms with Crippen LogP contribution in [0.2, 0.25) is 0 Å². The summed E-state index contributed by atoms with van der Waals surface area (Å²) in [6.45, 7) is 3.51. The van der Waals surface area contributed by atoms with Gasteiger partial charge in [0.05, 0.1) is 16.6 Å². The normalized spacial score (nSPS) is 11.9. The summed E-state index contributed by atoms with van der Waals surface area (Å²) in [5.74, 6) is -1.78. The van der Waals surface area contributed by atoms with E-state index in [9.17, 15) is 13.6 Å². The second-order valence-corrected chi connectivity index (χ2v) is 7.22. The second-order valence-electron chi connectivity index (χ2n) is 5.92. The second kappa shape index (κ2) is 8.26. The van der Waals surface area contributed by atoms with Crippen molar-refractivity contribution in [2.75, 3.05) is 5.32 Å². The van der Waals surface area contributed by atoms with Crippen LogP contribution in [0.25, 0.3) is 11.3 Å². The monoisotopic (exact) mass is 385 g/mol. The molecule has 0 aliphatic carbocycles. The van der Waals surface area contributed by atoms with Gasteiger partial charge in [-0.05, 0) is 32.0 Å². The Balaban J connectivity index is 1.75. The summed E-state index contributed by atoms with van der Waals surface area (Å²) in [6, 6.07) is 14.4. The quantitative estimate of drug-likeness (QED) is 0.504. The zero-order chi connectivity index (χ0) is 19.4. The number of amides is 1. The van der Waals surface area contributed by atoms with Gasteiger partial charge in [-0.15, -0.1) is 0 Å². The minimum atomic E-state index is -0.694. The number of halogens is 2. The third-order valence-electron chi connectivity index (χ3n) is 3.74. The van der Waals surface area contributed by atoms with Gasteiger partial charge in [-0.2, -0.15) is 0 Å². The first-order valence-corrected chi connectivity index (χ1v) is 9.14. The number of carbonyl (C=O) groups is 1. The van der Waals surface area contributed by atoms with E-state index in [4.69, 9.17) is 0 Å². The zero-order valence-corrected chi connectivity index (χ0v) is 15.6. The van der Waals surface area contributed by atoms with E-state index in [0.29, 0.717) is 5.16 Å². The Morgan fingerprint density at radius 2 is 1.81 bits per heavy atom. The molecule has 3 rings (SSSR count). The molecular weight excluding hydrogens is 368 g/mol. The topological polar surface area (TPSA) is 54.9 Å². The number of thioether (sulfide) groups is 1. The Morgan fingerprint density at radius 3 is 2.56 bits per heavy atom. The summed E-state index contributed by atoms with van der Waals surface area (Å²) >= 11 is 1.15. The van der Waals surface area contributed by atoms with Crippen LogP contribution in [0.4, 0.5) is 14.5 Å². The van der Waals surface area contributed by atoms with Gasteiger partial charge in [0, 0.05) is 17.3 Å². The smallest absolute Gasteiger partial charge is 0.237 e. The molecule has 0 saturated carbocycles. The lowest BCUT2D eigenvalue weighted by atomic mass is 10.1. The molecule has 2 aromatic carbocycles. The molecule has 1 aromatic heterocycles. The molecule has 3 aromatic rings. The predicted octanol–water partition coefficient (Wildman–Crippen LogP) is 4.85.